The first kappa shape index (κ1) is 23.5. The Morgan fingerprint density at radius 2 is 1.85 bits per heavy atom. The number of ether oxygens (including phenoxy) is 1. The lowest BCUT2D eigenvalue weighted by molar-refractivity contribution is -0.114. The standard InChI is InChI=1S/C23H29ClFN5O3/c1-33-23-7-4-22(5-8-23,6-9-23)29-21(32)30-11-10-28-17(13-30)18(20(27)31)19(26)14-2-3-16(25)15(24)12-14/h2-3,12H,4-11,13,26H2,1H3,(H2,27,31)(H,29,32). The summed E-state index contributed by atoms with van der Waals surface area (Å²) in [5.41, 5.74) is 12.3. The zero-order valence-corrected chi connectivity index (χ0v) is 19.4. The predicted octanol–water partition coefficient (Wildman–Crippen LogP) is 2.59. The minimum Gasteiger partial charge on any atom is -0.398 e. The summed E-state index contributed by atoms with van der Waals surface area (Å²) in [5, 5.41) is 3.13. The molecule has 0 unspecified atom stereocenters. The van der Waals surface area contributed by atoms with Gasteiger partial charge in [-0.25, -0.2) is 9.18 Å². The van der Waals surface area contributed by atoms with Crippen molar-refractivity contribution < 1.29 is 18.7 Å². The molecule has 1 aromatic carbocycles. The van der Waals surface area contributed by atoms with E-state index in [0.717, 1.165) is 44.6 Å². The fourth-order valence-electron chi connectivity index (χ4n) is 5.14. The van der Waals surface area contributed by atoms with Gasteiger partial charge in [0.05, 0.1) is 40.7 Å². The second kappa shape index (κ2) is 8.95. The molecule has 0 saturated heterocycles. The number of urea groups is 1. The van der Waals surface area contributed by atoms with Crippen LogP contribution in [0, 0.1) is 5.82 Å². The van der Waals surface area contributed by atoms with Crippen LogP contribution in [0.1, 0.15) is 44.1 Å². The highest BCUT2D eigenvalue weighted by molar-refractivity contribution is 6.31. The summed E-state index contributed by atoms with van der Waals surface area (Å²) in [6, 6.07) is 3.71. The molecule has 1 heterocycles. The first-order chi connectivity index (χ1) is 15.7. The van der Waals surface area contributed by atoms with Gasteiger partial charge in [0.15, 0.2) is 0 Å². The van der Waals surface area contributed by atoms with Crippen LogP contribution in [0.2, 0.25) is 5.02 Å². The van der Waals surface area contributed by atoms with E-state index in [1.54, 1.807) is 12.0 Å². The van der Waals surface area contributed by atoms with E-state index in [1.165, 1.54) is 12.1 Å². The van der Waals surface area contributed by atoms with Gasteiger partial charge in [0.2, 0.25) is 0 Å². The molecule has 1 aliphatic heterocycles. The van der Waals surface area contributed by atoms with E-state index in [-0.39, 0.29) is 40.0 Å². The Labute approximate surface area is 197 Å². The maximum atomic E-state index is 13.6. The van der Waals surface area contributed by atoms with E-state index >= 15 is 0 Å². The fourth-order valence-corrected chi connectivity index (χ4v) is 5.32. The second-order valence-electron chi connectivity index (χ2n) is 9.13. The average Bonchev–Trinajstić information content (AvgIpc) is 2.82. The van der Waals surface area contributed by atoms with Gasteiger partial charge in [0.25, 0.3) is 5.91 Å². The van der Waals surface area contributed by atoms with Crippen molar-refractivity contribution in [2.45, 2.75) is 49.7 Å². The number of amides is 3. The topological polar surface area (TPSA) is 123 Å². The number of hydrogen-bond acceptors (Lipinski definition) is 5. The normalized spacial score (nSPS) is 27.6. The maximum Gasteiger partial charge on any atom is 0.318 e. The number of fused-ring (bicyclic) bond motifs is 3. The molecule has 2 bridgehead atoms. The monoisotopic (exact) mass is 477 g/mol. The largest absolute Gasteiger partial charge is 0.398 e. The molecule has 3 aliphatic carbocycles. The van der Waals surface area contributed by atoms with Gasteiger partial charge >= 0.3 is 6.03 Å². The fraction of sp³-hybridized carbons (Fsp3) is 0.522. The van der Waals surface area contributed by atoms with Gasteiger partial charge in [-0.2, -0.15) is 0 Å². The maximum absolute atomic E-state index is 13.6. The number of benzene rings is 1. The van der Waals surface area contributed by atoms with Crippen LogP contribution in [0.25, 0.3) is 5.70 Å². The third-order valence-electron chi connectivity index (χ3n) is 7.32. The van der Waals surface area contributed by atoms with Gasteiger partial charge in [0, 0.05) is 19.2 Å². The first-order valence-electron chi connectivity index (χ1n) is 11.1. The van der Waals surface area contributed by atoms with Crippen molar-refractivity contribution >= 4 is 34.9 Å². The number of aliphatic imine (C=N–C) groups is 1. The van der Waals surface area contributed by atoms with Crippen molar-refractivity contribution in [2.24, 2.45) is 16.5 Å². The number of rotatable bonds is 5. The molecule has 3 fully saturated rings. The number of nitrogens with two attached hydrogens (primary N) is 2. The Morgan fingerprint density at radius 1 is 1.18 bits per heavy atom. The molecule has 0 spiro atoms. The third-order valence-corrected chi connectivity index (χ3v) is 7.61. The minimum atomic E-state index is -0.775. The van der Waals surface area contributed by atoms with Crippen molar-refractivity contribution in [3.05, 3.63) is 40.2 Å². The molecule has 10 heteroatoms. The van der Waals surface area contributed by atoms with Crippen LogP contribution in [-0.4, -0.2) is 60.4 Å². The van der Waals surface area contributed by atoms with E-state index in [4.69, 9.17) is 27.8 Å². The predicted molar refractivity (Wildman–Crippen MR) is 124 cm³/mol. The SMILES string of the molecule is COC12CCC(NC(=O)N3CCN=C(C(C(N)=O)=C(N)c4ccc(F)c(Cl)c4)C3)(CC1)CC2. The molecule has 5 rings (SSSR count). The Morgan fingerprint density at radius 3 is 2.42 bits per heavy atom. The number of primary amides is 1. The summed E-state index contributed by atoms with van der Waals surface area (Å²) in [5.74, 6) is -1.37. The molecule has 8 nitrogen and oxygen atoms in total. The van der Waals surface area contributed by atoms with Crippen LogP contribution >= 0.6 is 11.6 Å². The summed E-state index contributed by atoms with van der Waals surface area (Å²) in [7, 11) is 1.76. The molecular weight excluding hydrogens is 449 g/mol. The first-order valence-corrected chi connectivity index (χ1v) is 11.5. The summed E-state index contributed by atoms with van der Waals surface area (Å²) in [6.45, 7) is 0.830. The lowest BCUT2D eigenvalue weighted by Crippen LogP contribution is -2.62. The summed E-state index contributed by atoms with van der Waals surface area (Å²) < 4.78 is 19.3. The minimum absolute atomic E-state index is 0.00792. The Bertz CT molecular complexity index is 1020. The quantitative estimate of drug-likeness (QED) is 0.564. The highest BCUT2D eigenvalue weighted by Gasteiger charge is 2.50. The highest BCUT2D eigenvalue weighted by atomic mass is 35.5. The van der Waals surface area contributed by atoms with Gasteiger partial charge in [-0.15, -0.1) is 0 Å². The van der Waals surface area contributed by atoms with Crippen molar-refractivity contribution in [1.82, 2.24) is 10.2 Å². The number of hydrogen-bond donors (Lipinski definition) is 3. The number of nitrogens with one attached hydrogen (secondary N) is 1. The van der Waals surface area contributed by atoms with Gasteiger partial charge in [-0.3, -0.25) is 9.79 Å². The van der Waals surface area contributed by atoms with E-state index in [9.17, 15) is 14.0 Å². The van der Waals surface area contributed by atoms with Crippen LogP contribution < -0.4 is 16.8 Å². The molecule has 1 aromatic rings. The lowest BCUT2D eigenvalue weighted by Gasteiger charge is -2.53. The van der Waals surface area contributed by atoms with Gasteiger partial charge < -0.3 is 26.4 Å². The van der Waals surface area contributed by atoms with E-state index in [2.05, 4.69) is 10.3 Å². The van der Waals surface area contributed by atoms with Gasteiger partial charge in [0.1, 0.15) is 5.82 Å². The molecule has 0 atom stereocenters. The summed E-state index contributed by atoms with van der Waals surface area (Å²) in [4.78, 5) is 31.5. The zero-order chi connectivity index (χ0) is 23.8. The van der Waals surface area contributed by atoms with Gasteiger partial charge in [-0.05, 0) is 62.3 Å². The van der Waals surface area contributed by atoms with E-state index in [0.29, 0.717) is 24.4 Å². The van der Waals surface area contributed by atoms with Crippen LogP contribution in [0.5, 0.6) is 0 Å². The molecule has 0 aromatic heterocycles. The molecule has 33 heavy (non-hydrogen) atoms. The lowest BCUT2D eigenvalue weighted by atomic mass is 9.63. The molecule has 3 saturated carbocycles. The van der Waals surface area contributed by atoms with Crippen LogP contribution in [0.3, 0.4) is 0 Å². The summed E-state index contributed by atoms with van der Waals surface area (Å²) in [6.07, 6.45) is 5.44. The van der Waals surface area contributed by atoms with Crippen molar-refractivity contribution in [3.8, 4) is 0 Å². The van der Waals surface area contributed by atoms with Gasteiger partial charge in [-0.1, -0.05) is 11.6 Å². The average molecular weight is 478 g/mol. The van der Waals surface area contributed by atoms with Crippen molar-refractivity contribution in [2.75, 3.05) is 26.7 Å². The molecule has 178 valence electrons. The number of halogens is 2. The molecule has 0 radical (unpaired) electrons. The van der Waals surface area contributed by atoms with Crippen LogP contribution in [-0.2, 0) is 9.53 Å². The Balaban J connectivity index is 1.51. The zero-order valence-electron chi connectivity index (χ0n) is 18.6. The summed E-state index contributed by atoms with van der Waals surface area (Å²) >= 11 is 5.86. The smallest absolute Gasteiger partial charge is 0.318 e. The highest BCUT2D eigenvalue weighted by Crippen LogP contribution is 2.48. The van der Waals surface area contributed by atoms with Crippen LogP contribution in [0.15, 0.2) is 28.8 Å². The van der Waals surface area contributed by atoms with Crippen molar-refractivity contribution in [3.63, 3.8) is 0 Å². The Hall–Kier alpha value is -2.65. The molecular formula is C23H29ClFN5O3. The second-order valence-corrected chi connectivity index (χ2v) is 9.54. The number of nitrogens with zero attached hydrogens (tertiary/aromatic N) is 2. The van der Waals surface area contributed by atoms with Crippen LogP contribution in [0.4, 0.5) is 9.18 Å². The van der Waals surface area contributed by atoms with E-state index < -0.39 is 11.7 Å². The number of carbonyl (C=O) groups is 2. The van der Waals surface area contributed by atoms with Crippen molar-refractivity contribution in [1.29, 1.82) is 0 Å². The third kappa shape index (κ3) is 4.56. The van der Waals surface area contributed by atoms with E-state index in [1.807, 2.05) is 0 Å². The molecule has 5 N–H and O–H groups in total. The number of carbonyl (C=O) groups excluding carboxylic acids is 2. The molecule has 4 aliphatic rings. The number of methoxy groups -OCH3 is 1. The molecule has 3 amide bonds. The Kier molecular flexibility index (Phi) is 6.37.